The van der Waals surface area contributed by atoms with Crippen molar-refractivity contribution in [3.8, 4) is 0 Å². The molecule has 1 unspecified atom stereocenters. The predicted molar refractivity (Wildman–Crippen MR) is 54.4 cm³/mol. The Morgan fingerprint density at radius 2 is 2.31 bits per heavy atom. The van der Waals surface area contributed by atoms with E-state index in [4.69, 9.17) is 0 Å². The number of nitrogens with zero attached hydrogens (tertiary/aromatic N) is 1. The SMILES string of the molecule is CC(O)c1cc2cc(Br)cnc2[nH]1. The summed E-state index contributed by atoms with van der Waals surface area (Å²) in [6.07, 6.45) is 1.25. The molecule has 0 fully saturated rings. The van der Waals surface area contributed by atoms with Crippen LogP contribution < -0.4 is 0 Å². The number of hydrogen-bond donors (Lipinski definition) is 2. The molecule has 2 aromatic heterocycles. The summed E-state index contributed by atoms with van der Waals surface area (Å²) in [5, 5.41) is 10.3. The minimum absolute atomic E-state index is 0.479. The van der Waals surface area contributed by atoms with Crippen LogP contribution in [0.3, 0.4) is 0 Å². The van der Waals surface area contributed by atoms with Gasteiger partial charge in [0.15, 0.2) is 0 Å². The maximum absolute atomic E-state index is 9.32. The van der Waals surface area contributed by atoms with Gasteiger partial charge in [0.05, 0.1) is 6.10 Å². The van der Waals surface area contributed by atoms with Crippen LogP contribution in [-0.4, -0.2) is 15.1 Å². The third-order valence-electron chi connectivity index (χ3n) is 1.91. The number of hydrogen-bond acceptors (Lipinski definition) is 2. The number of fused-ring (bicyclic) bond motifs is 1. The van der Waals surface area contributed by atoms with Crippen molar-refractivity contribution in [3.63, 3.8) is 0 Å². The van der Waals surface area contributed by atoms with E-state index in [1.807, 2.05) is 12.1 Å². The van der Waals surface area contributed by atoms with E-state index in [0.29, 0.717) is 0 Å². The number of nitrogens with one attached hydrogen (secondary N) is 1. The fraction of sp³-hybridized carbons (Fsp3) is 0.222. The first-order valence-corrected chi connectivity index (χ1v) is 4.78. The molecule has 68 valence electrons. The minimum Gasteiger partial charge on any atom is -0.387 e. The molecule has 2 N–H and O–H groups in total. The van der Waals surface area contributed by atoms with Crippen LogP contribution >= 0.6 is 15.9 Å². The Morgan fingerprint density at radius 3 is 3.00 bits per heavy atom. The molecular formula is C9H9BrN2O. The van der Waals surface area contributed by atoms with Gasteiger partial charge >= 0.3 is 0 Å². The van der Waals surface area contributed by atoms with Crippen molar-refractivity contribution in [2.24, 2.45) is 0 Å². The summed E-state index contributed by atoms with van der Waals surface area (Å²) in [5.41, 5.74) is 1.60. The van der Waals surface area contributed by atoms with E-state index in [9.17, 15) is 5.11 Å². The maximum Gasteiger partial charge on any atom is 0.137 e. The van der Waals surface area contributed by atoms with Crippen molar-refractivity contribution < 1.29 is 5.11 Å². The number of pyridine rings is 1. The van der Waals surface area contributed by atoms with Gasteiger partial charge in [-0.05, 0) is 35.0 Å². The fourth-order valence-corrected chi connectivity index (χ4v) is 1.58. The lowest BCUT2D eigenvalue weighted by molar-refractivity contribution is 0.195. The number of halogens is 1. The van der Waals surface area contributed by atoms with Crippen LogP contribution in [0.2, 0.25) is 0 Å². The van der Waals surface area contributed by atoms with E-state index in [-0.39, 0.29) is 0 Å². The molecule has 0 amide bonds. The van der Waals surface area contributed by atoms with Gasteiger partial charge in [-0.15, -0.1) is 0 Å². The Balaban J connectivity index is 2.62. The molecule has 0 aliphatic heterocycles. The Hall–Kier alpha value is -0.870. The van der Waals surface area contributed by atoms with Gasteiger partial charge in [-0.25, -0.2) is 4.98 Å². The van der Waals surface area contributed by atoms with Crippen LogP contribution in [0.25, 0.3) is 11.0 Å². The summed E-state index contributed by atoms with van der Waals surface area (Å²) in [4.78, 5) is 7.21. The molecule has 0 bridgehead atoms. The molecule has 2 heterocycles. The molecule has 0 radical (unpaired) electrons. The Kier molecular flexibility index (Phi) is 2.09. The summed E-state index contributed by atoms with van der Waals surface area (Å²) in [6.45, 7) is 1.72. The summed E-state index contributed by atoms with van der Waals surface area (Å²) in [7, 11) is 0. The molecular weight excluding hydrogens is 232 g/mol. The molecule has 2 rings (SSSR count). The normalized spacial score (nSPS) is 13.5. The average molecular weight is 241 g/mol. The molecule has 3 nitrogen and oxygen atoms in total. The van der Waals surface area contributed by atoms with Gasteiger partial charge in [0, 0.05) is 21.7 Å². The molecule has 0 aliphatic carbocycles. The number of aromatic nitrogens is 2. The summed E-state index contributed by atoms with van der Waals surface area (Å²) in [5.74, 6) is 0. The van der Waals surface area contributed by atoms with Crippen LogP contribution in [0.15, 0.2) is 22.8 Å². The van der Waals surface area contributed by atoms with Gasteiger partial charge in [-0.1, -0.05) is 0 Å². The van der Waals surface area contributed by atoms with Gasteiger partial charge in [0.25, 0.3) is 0 Å². The van der Waals surface area contributed by atoms with E-state index in [0.717, 1.165) is 21.2 Å². The zero-order valence-corrected chi connectivity index (χ0v) is 8.67. The second kappa shape index (κ2) is 3.12. The van der Waals surface area contributed by atoms with E-state index in [2.05, 4.69) is 25.9 Å². The van der Waals surface area contributed by atoms with E-state index >= 15 is 0 Å². The molecule has 0 aliphatic rings. The van der Waals surface area contributed by atoms with Crippen LogP contribution in [0, 0.1) is 0 Å². The average Bonchev–Trinajstić information content (AvgIpc) is 2.46. The maximum atomic E-state index is 9.32. The Labute approximate surface area is 83.9 Å². The number of aliphatic hydroxyl groups is 1. The third kappa shape index (κ3) is 1.59. The highest BCUT2D eigenvalue weighted by atomic mass is 79.9. The topological polar surface area (TPSA) is 48.9 Å². The van der Waals surface area contributed by atoms with Gasteiger partial charge in [-0.3, -0.25) is 0 Å². The zero-order valence-electron chi connectivity index (χ0n) is 7.08. The fourth-order valence-electron chi connectivity index (χ4n) is 1.23. The first-order chi connectivity index (χ1) is 6.16. The largest absolute Gasteiger partial charge is 0.387 e. The molecule has 4 heteroatoms. The van der Waals surface area contributed by atoms with Crippen LogP contribution in [0.1, 0.15) is 18.7 Å². The molecule has 2 aromatic rings. The van der Waals surface area contributed by atoms with E-state index in [1.54, 1.807) is 13.1 Å². The summed E-state index contributed by atoms with van der Waals surface area (Å²) >= 11 is 3.34. The first-order valence-electron chi connectivity index (χ1n) is 3.99. The summed E-state index contributed by atoms with van der Waals surface area (Å²) in [6, 6.07) is 3.86. The molecule has 0 aromatic carbocycles. The molecule has 1 atom stereocenters. The van der Waals surface area contributed by atoms with Gasteiger partial charge in [-0.2, -0.15) is 0 Å². The van der Waals surface area contributed by atoms with Crippen molar-refractivity contribution in [2.45, 2.75) is 13.0 Å². The van der Waals surface area contributed by atoms with Crippen molar-refractivity contribution in [1.82, 2.24) is 9.97 Å². The van der Waals surface area contributed by atoms with Crippen LogP contribution in [-0.2, 0) is 0 Å². The zero-order chi connectivity index (χ0) is 9.42. The van der Waals surface area contributed by atoms with E-state index < -0.39 is 6.10 Å². The van der Waals surface area contributed by atoms with Gasteiger partial charge in [0.2, 0.25) is 0 Å². The lowest BCUT2D eigenvalue weighted by Gasteiger charge is -1.96. The highest BCUT2D eigenvalue weighted by Gasteiger charge is 2.05. The number of H-pyrrole nitrogens is 1. The lowest BCUT2D eigenvalue weighted by atomic mass is 10.2. The Bertz CT molecular complexity index is 436. The standard InChI is InChI=1S/C9H9BrN2O/c1-5(13)8-3-6-2-7(10)4-11-9(6)12-8/h2-5,13H,1H3,(H,11,12). The second-order valence-electron chi connectivity index (χ2n) is 2.99. The quantitative estimate of drug-likeness (QED) is 0.805. The smallest absolute Gasteiger partial charge is 0.137 e. The third-order valence-corrected chi connectivity index (χ3v) is 2.34. The molecule has 0 saturated heterocycles. The second-order valence-corrected chi connectivity index (χ2v) is 3.91. The van der Waals surface area contributed by atoms with Crippen molar-refractivity contribution in [1.29, 1.82) is 0 Å². The lowest BCUT2D eigenvalue weighted by Crippen LogP contribution is -1.89. The predicted octanol–water partition coefficient (Wildman–Crippen LogP) is 2.38. The number of aromatic amines is 1. The minimum atomic E-state index is -0.479. The van der Waals surface area contributed by atoms with Crippen molar-refractivity contribution >= 4 is 27.0 Å². The van der Waals surface area contributed by atoms with Crippen LogP contribution in [0.5, 0.6) is 0 Å². The molecule has 0 spiro atoms. The van der Waals surface area contributed by atoms with Crippen molar-refractivity contribution in [3.05, 3.63) is 28.5 Å². The molecule has 0 saturated carbocycles. The summed E-state index contributed by atoms with van der Waals surface area (Å²) < 4.78 is 0.941. The highest BCUT2D eigenvalue weighted by molar-refractivity contribution is 9.10. The van der Waals surface area contributed by atoms with Gasteiger partial charge in [0.1, 0.15) is 5.65 Å². The van der Waals surface area contributed by atoms with Gasteiger partial charge < -0.3 is 10.1 Å². The highest BCUT2D eigenvalue weighted by Crippen LogP contribution is 2.20. The van der Waals surface area contributed by atoms with Crippen molar-refractivity contribution in [2.75, 3.05) is 0 Å². The number of aliphatic hydroxyl groups excluding tert-OH is 1. The van der Waals surface area contributed by atoms with E-state index in [1.165, 1.54) is 0 Å². The number of rotatable bonds is 1. The first kappa shape index (κ1) is 8.72. The monoisotopic (exact) mass is 240 g/mol. The molecule has 13 heavy (non-hydrogen) atoms. The Morgan fingerprint density at radius 1 is 1.54 bits per heavy atom. The van der Waals surface area contributed by atoms with Crippen LogP contribution in [0.4, 0.5) is 0 Å².